The van der Waals surface area contributed by atoms with E-state index in [1.54, 1.807) is 0 Å². The zero-order valence-electron chi connectivity index (χ0n) is 10.9. The molecule has 1 saturated heterocycles. The fourth-order valence-corrected chi connectivity index (χ4v) is 1.96. The third kappa shape index (κ3) is 3.63. The first kappa shape index (κ1) is 14.9. The molecule has 0 aromatic heterocycles. The Morgan fingerprint density at radius 1 is 1.00 bits per heavy atom. The Balaban J connectivity index is 2.64. The summed E-state index contributed by atoms with van der Waals surface area (Å²) in [4.78, 5) is 0. The van der Waals surface area contributed by atoms with Crippen LogP contribution in [0, 0.1) is 5.92 Å². The summed E-state index contributed by atoms with van der Waals surface area (Å²) in [6, 6.07) is 0. The molecule has 1 aliphatic heterocycles. The summed E-state index contributed by atoms with van der Waals surface area (Å²) in [7, 11) is 0. The summed E-state index contributed by atoms with van der Waals surface area (Å²) in [5.41, 5.74) is 0. The Bertz CT molecular complexity index is 231. The minimum atomic E-state index is -1.18. The van der Waals surface area contributed by atoms with E-state index in [9.17, 15) is 15.3 Å². The highest BCUT2D eigenvalue weighted by Crippen LogP contribution is 2.26. The molecule has 5 heteroatoms. The summed E-state index contributed by atoms with van der Waals surface area (Å²) in [5.74, 6) is 0.0636. The van der Waals surface area contributed by atoms with Crippen LogP contribution < -0.4 is 0 Å². The summed E-state index contributed by atoms with van der Waals surface area (Å²) in [6.45, 7) is 7.80. The molecule has 17 heavy (non-hydrogen) atoms. The van der Waals surface area contributed by atoms with Crippen molar-refractivity contribution >= 4 is 0 Å². The lowest BCUT2D eigenvalue weighted by Gasteiger charge is -2.42. The van der Waals surface area contributed by atoms with Crippen molar-refractivity contribution in [2.24, 2.45) is 5.92 Å². The third-order valence-electron chi connectivity index (χ3n) is 3.00. The van der Waals surface area contributed by atoms with Crippen molar-refractivity contribution in [1.29, 1.82) is 0 Å². The molecule has 0 radical (unpaired) electrons. The second-order valence-electron chi connectivity index (χ2n) is 5.24. The van der Waals surface area contributed by atoms with Crippen LogP contribution >= 0.6 is 0 Å². The highest BCUT2D eigenvalue weighted by Gasteiger charge is 2.44. The van der Waals surface area contributed by atoms with Gasteiger partial charge < -0.3 is 24.8 Å². The van der Waals surface area contributed by atoms with Gasteiger partial charge in [-0.25, -0.2) is 0 Å². The molecular weight excluding hydrogens is 224 g/mol. The Morgan fingerprint density at radius 3 is 2.06 bits per heavy atom. The van der Waals surface area contributed by atoms with Gasteiger partial charge in [-0.1, -0.05) is 13.8 Å². The Kier molecular flexibility index (Phi) is 5.34. The van der Waals surface area contributed by atoms with E-state index in [1.165, 1.54) is 0 Å². The van der Waals surface area contributed by atoms with E-state index in [2.05, 4.69) is 0 Å². The number of ether oxygens (including phenoxy) is 2. The maximum atomic E-state index is 9.81. The van der Waals surface area contributed by atoms with Gasteiger partial charge in [-0.2, -0.15) is 0 Å². The summed E-state index contributed by atoms with van der Waals surface area (Å²) < 4.78 is 11.0. The van der Waals surface area contributed by atoms with E-state index >= 15 is 0 Å². The molecule has 0 spiro atoms. The maximum absolute atomic E-state index is 9.81. The number of hydrogen-bond acceptors (Lipinski definition) is 5. The van der Waals surface area contributed by atoms with Crippen molar-refractivity contribution in [1.82, 2.24) is 0 Å². The first-order valence-electron chi connectivity index (χ1n) is 6.15. The predicted octanol–water partition coefficient (Wildman–Crippen LogP) is -0.0825. The van der Waals surface area contributed by atoms with E-state index in [-0.39, 0.29) is 18.6 Å². The third-order valence-corrected chi connectivity index (χ3v) is 3.00. The van der Waals surface area contributed by atoms with Gasteiger partial charge in [0.1, 0.15) is 24.4 Å². The van der Waals surface area contributed by atoms with Crippen LogP contribution in [-0.4, -0.2) is 58.6 Å². The zero-order chi connectivity index (χ0) is 13.2. The fourth-order valence-electron chi connectivity index (χ4n) is 1.96. The Morgan fingerprint density at radius 2 is 1.59 bits per heavy atom. The van der Waals surface area contributed by atoms with Crippen LogP contribution in [0.1, 0.15) is 27.7 Å². The van der Waals surface area contributed by atoms with Gasteiger partial charge in [0.25, 0.3) is 0 Å². The van der Waals surface area contributed by atoms with Crippen LogP contribution in [0.3, 0.4) is 0 Å². The van der Waals surface area contributed by atoms with Gasteiger partial charge in [-0.15, -0.1) is 0 Å². The second kappa shape index (κ2) is 6.11. The summed E-state index contributed by atoms with van der Waals surface area (Å²) in [6.07, 6.45) is -4.39. The molecular formula is C12H24O5. The lowest BCUT2D eigenvalue weighted by atomic mass is 9.89. The zero-order valence-corrected chi connectivity index (χ0v) is 10.9. The maximum Gasteiger partial charge on any atom is 0.111 e. The molecule has 5 atom stereocenters. The molecule has 1 heterocycles. The van der Waals surface area contributed by atoms with Crippen LogP contribution in [0.5, 0.6) is 0 Å². The topological polar surface area (TPSA) is 79.2 Å². The molecule has 5 nitrogen and oxygen atoms in total. The smallest absolute Gasteiger partial charge is 0.111 e. The summed E-state index contributed by atoms with van der Waals surface area (Å²) in [5, 5.41) is 29.4. The van der Waals surface area contributed by atoms with E-state index in [4.69, 9.17) is 9.47 Å². The Labute approximate surface area is 102 Å². The second-order valence-corrected chi connectivity index (χ2v) is 5.24. The van der Waals surface area contributed by atoms with E-state index in [0.29, 0.717) is 0 Å². The van der Waals surface area contributed by atoms with Gasteiger partial charge in [0.2, 0.25) is 0 Å². The molecule has 0 bridgehead atoms. The van der Waals surface area contributed by atoms with Crippen LogP contribution in [0.15, 0.2) is 0 Å². The van der Waals surface area contributed by atoms with Gasteiger partial charge in [0.15, 0.2) is 0 Å². The van der Waals surface area contributed by atoms with Crippen LogP contribution in [-0.2, 0) is 9.47 Å². The van der Waals surface area contributed by atoms with Gasteiger partial charge >= 0.3 is 0 Å². The summed E-state index contributed by atoms with van der Waals surface area (Å²) >= 11 is 0. The highest BCUT2D eigenvalue weighted by atomic mass is 16.6. The van der Waals surface area contributed by atoms with Crippen molar-refractivity contribution in [3.63, 3.8) is 0 Å². The molecule has 102 valence electrons. The van der Waals surface area contributed by atoms with Gasteiger partial charge in [-0.05, 0) is 19.8 Å². The largest absolute Gasteiger partial charge is 0.388 e. The Hall–Kier alpha value is -0.200. The highest BCUT2D eigenvalue weighted by molar-refractivity contribution is 4.93. The molecule has 0 aliphatic carbocycles. The van der Waals surface area contributed by atoms with E-state index in [1.807, 2.05) is 27.7 Å². The average molecular weight is 248 g/mol. The normalized spacial score (nSPS) is 39.0. The molecule has 0 aromatic rings. The van der Waals surface area contributed by atoms with Gasteiger partial charge in [0.05, 0.1) is 18.8 Å². The lowest BCUT2D eigenvalue weighted by molar-refractivity contribution is -0.243. The van der Waals surface area contributed by atoms with Crippen molar-refractivity contribution in [2.45, 2.75) is 64.3 Å². The van der Waals surface area contributed by atoms with Crippen molar-refractivity contribution in [3.8, 4) is 0 Å². The first-order chi connectivity index (χ1) is 7.84. The first-order valence-corrected chi connectivity index (χ1v) is 6.15. The standard InChI is InChI=1S/C12H24O5/c1-6(2)12-11(15)10(14)9(13)8(17-12)5-16-7(3)4/h6-15H,5H2,1-4H3/t8-,9-,10+,11-,12?/m1/s1. The molecule has 3 N–H and O–H groups in total. The van der Waals surface area contributed by atoms with E-state index < -0.39 is 30.5 Å². The lowest BCUT2D eigenvalue weighted by Crippen LogP contribution is -2.60. The number of aliphatic hydroxyl groups is 3. The average Bonchev–Trinajstić information content (AvgIpc) is 2.24. The molecule has 0 saturated carbocycles. The molecule has 1 fully saturated rings. The molecule has 0 amide bonds. The SMILES string of the molecule is CC(C)OC[C@H]1OC(C(C)C)[C@H](O)[C@@H](O)[C@@H]1O. The monoisotopic (exact) mass is 248 g/mol. The number of aliphatic hydroxyl groups excluding tert-OH is 3. The van der Waals surface area contributed by atoms with Crippen molar-refractivity contribution in [2.75, 3.05) is 6.61 Å². The number of rotatable bonds is 4. The van der Waals surface area contributed by atoms with Crippen LogP contribution in [0.25, 0.3) is 0 Å². The van der Waals surface area contributed by atoms with Crippen molar-refractivity contribution in [3.05, 3.63) is 0 Å². The molecule has 1 rings (SSSR count). The number of hydrogen-bond donors (Lipinski definition) is 3. The van der Waals surface area contributed by atoms with Crippen LogP contribution in [0.2, 0.25) is 0 Å². The van der Waals surface area contributed by atoms with Gasteiger partial charge in [0, 0.05) is 0 Å². The molecule has 1 aliphatic rings. The van der Waals surface area contributed by atoms with Crippen molar-refractivity contribution < 1.29 is 24.8 Å². The van der Waals surface area contributed by atoms with E-state index in [0.717, 1.165) is 0 Å². The van der Waals surface area contributed by atoms with Gasteiger partial charge in [-0.3, -0.25) is 0 Å². The minimum absolute atomic E-state index is 0.0345. The predicted molar refractivity (Wildman–Crippen MR) is 62.6 cm³/mol. The molecule has 1 unspecified atom stereocenters. The minimum Gasteiger partial charge on any atom is -0.388 e. The molecule has 0 aromatic carbocycles. The van der Waals surface area contributed by atoms with Crippen LogP contribution in [0.4, 0.5) is 0 Å². The fraction of sp³-hybridized carbons (Fsp3) is 1.00. The quantitative estimate of drug-likeness (QED) is 0.648.